The third-order valence-corrected chi connectivity index (χ3v) is 7.07. The van der Waals surface area contributed by atoms with Crippen molar-refractivity contribution in [3.8, 4) is 0 Å². The van der Waals surface area contributed by atoms with E-state index >= 15 is 0 Å². The highest BCUT2D eigenvalue weighted by Gasteiger charge is 2.75. The van der Waals surface area contributed by atoms with Crippen LogP contribution in [0.1, 0.15) is 52.9 Å². The van der Waals surface area contributed by atoms with Crippen LogP contribution in [0.2, 0.25) is 0 Å². The van der Waals surface area contributed by atoms with Crippen LogP contribution >= 0.6 is 0 Å². The first-order valence-electron chi connectivity index (χ1n) is 7.16. The van der Waals surface area contributed by atoms with Crippen molar-refractivity contribution < 1.29 is 4.74 Å². The molecule has 3 aliphatic carbocycles. The molecular formula is C15H24O. The van der Waals surface area contributed by atoms with Gasteiger partial charge in [-0.05, 0) is 55.3 Å². The molecule has 1 heterocycles. The van der Waals surface area contributed by atoms with E-state index in [0.29, 0.717) is 16.4 Å². The Kier molecular flexibility index (Phi) is 1.57. The SMILES string of the molecule is C[C@@H]1CC[C@]23C[C@H]1C(C)(C)[C@@H]2CC[C@@]31CO1. The molecular weight excluding hydrogens is 196 g/mol. The quantitative estimate of drug-likeness (QED) is 0.568. The normalized spacial score (nSPS) is 61.3. The standard InChI is InChI=1S/C15H24O/c1-10-4-6-14-8-11(10)13(2,3)12(14)5-7-15(14)9-16-15/h10-12H,4-9H2,1-3H3/t10-,11-,12+,14+,15-/m1/s1. The molecule has 1 saturated heterocycles. The van der Waals surface area contributed by atoms with E-state index < -0.39 is 0 Å². The van der Waals surface area contributed by atoms with Gasteiger partial charge in [0, 0.05) is 5.41 Å². The molecule has 0 N–H and O–H groups in total. The van der Waals surface area contributed by atoms with Gasteiger partial charge in [0.1, 0.15) is 0 Å². The number of hydrogen-bond acceptors (Lipinski definition) is 1. The van der Waals surface area contributed by atoms with Gasteiger partial charge in [0.2, 0.25) is 0 Å². The van der Waals surface area contributed by atoms with E-state index in [1.54, 1.807) is 0 Å². The monoisotopic (exact) mass is 220 g/mol. The van der Waals surface area contributed by atoms with Crippen LogP contribution < -0.4 is 0 Å². The molecule has 2 spiro atoms. The van der Waals surface area contributed by atoms with Gasteiger partial charge in [-0.2, -0.15) is 0 Å². The summed E-state index contributed by atoms with van der Waals surface area (Å²) in [6, 6.07) is 0. The number of fused-ring (bicyclic) bond motifs is 1. The van der Waals surface area contributed by atoms with Gasteiger partial charge in [0.25, 0.3) is 0 Å². The molecule has 0 radical (unpaired) electrons. The van der Waals surface area contributed by atoms with Crippen molar-refractivity contribution in [1.82, 2.24) is 0 Å². The zero-order valence-electron chi connectivity index (χ0n) is 10.9. The van der Waals surface area contributed by atoms with Crippen molar-refractivity contribution in [1.29, 1.82) is 0 Å². The van der Waals surface area contributed by atoms with E-state index in [4.69, 9.17) is 4.74 Å². The molecule has 1 aliphatic heterocycles. The van der Waals surface area contributed by atoms with Gasteiger partial charge in [-0.15, -0.1) is 0 Å². The van der Waals surface area contributed by atoms with Gasteiger partial charge in [0.15, 0.2) is 0 Å². The maximum atomic E-state index is 5.98. The van der Waals surface area contributed by atoms with Crippen LogP contribution in [-0.4, -0.2) is 12.2 Å². The number of epoxide rings is 1. The second-order valence-electron chi connectivity index (χ2n) is 7.68. The number of hydrogen-bond donors (Lipinski definition) is 0. The Hall–Kier alpha value is -0.0400. The van der Waals surface area contributed by atoms with E-state index in [1.165, 1.54) is 32.1 Å². The topological polar surface area (TPSA) is 12.5 Å². The predicted octanol–water partition coefficient (Wildman–Crippen LogP) is 3.63. The average Bonchev–Trinajstić information content (AvgIpc) is 2.89. The molecule has 4 rings (SSSR count). The van der Waals surface area contributed by atoms with Crippen LogP contribution in [0.4, 0.5) is 0 Å². The van der Waals surface area contributed by atoms with Crippen LogP contribution in [-0.2, 0) is 4.74 Å². The second kappa shape index (κ2) is 2.53. The lowest BCUT2D eigenvalue weighted by molar-refractivity contribution is 0.0621. The minimum atomic E-state index is 0.365. The highest BCUT2D eigenvalue weighted by molar-refractivity contribution is 5.24. The van der Waals surface area contributed by atoms with E-state index in [2.05, 4.69) is 20.8 Å². The fourth-order valence-corrected chi connectivity index (χ4v) is 6.19. The summed E-state index contributed by atoms with van der Waals surface area (Å²) in [6.07, 6.45) is 7.19. The maximum Gasteiger partial charge on any atom is 0.0975 e. The molecule has 4 fully saturated rings. The molecule has 0 amide bonds. The lowest BCUT2D eigenvalue weighted by atomic mass is 9.65. The fraction of sp³-hybridized carbons (Fsp3) is 1.00. The van der Waals surface area contributed by atoms with Gasteiger partial charge < -0.3 is 4.74 Å². The fourth-order valence-electron chi connectivity index (χ4n) is 6.19. The predicted molar refractivity (Wildman–Crippen MR) is 64.1 cm³/mol. The molecule has 1 nitrogen and oxygen atoms in total. The highest BCUT2D eigenvalue weighted by Crippen LogP contribution is 2.76. The van der Waals surface area contributed by atoms with Gasteiger partial charge >= 0.3 is 0 Å². The Bertz CT molecular complexity index is 341. The summed E-state index contributed by atoms with van der Waals surface area (Å²) >= 11 is 0. The zero-order chi connectivity index (χ0) is 11.2. The smallest absolute Gasteiger partial charge is 0.0975 e. The summed E-state index contributed by atoms with van der Waals surface area (Å²) in [5, 5.41) is 0. The molecule has 2 bridgehead atoms. The highest BCUT2D eigenvalue weighted by atomic mass is 16.6. The van der Waals surface area contributed by atoms with E-state index in [1.807, 2.05) is 0 Å². The summed E-state index contributed by atoms with van der Waals surface area (Å²) in [5.41, 5.74) is 1.54. The molecule has 1 heteroatoms. The Morgan fingerprint density at radius 1 is 1.12 bits per heavy atom. The van der Waals surface area contributed by atoms with E-state index in [9.17, 15) is 0 Å². The molecule has 0 unspecified atom stereocenters. The Morgan fingerprint density at radius 2 is 1.88 bits per heavy atom. The molecule has 4 aliphatic rings. The van der Waals surface area contributed by atoms with Crippen molar-refractivity contribution in [2.75, 3.05) is 6.61 Å². The summed E-state index contributed by atoms with van der Waals surface area (Å²) in [6.45, 7) is 8.67. The first-order chi connectivity index (χ1) is 7.52. The van der Waals surface area contributed by atoms with Crippen molar-refractivity contribution in [2.45, 2.75) is 58.5 Å². The second-order valence-corrected chi connectivity index (χ2v) is 7.68. The average molecular weight is 220 g/mol. The Balaban J connectivity index is 1.84. The van der Waals surface area contributed by atoms with Gasteiger partial charge in [0.05, 0.1) is 12.2 Å². The molecule has 0 aromatic rings. The van der Waals surface area contributed by atoms with E-state index in [0.717, 1.165) is 24.4 Å². The number of ether oxygens (including phenoxy) is 1. The first kappa shape index (κ1) is 9.94. The van der Waals surface area contributed by atoms with Crippen LogP contribution in [0, 0.1) is 28.6 Å². The Labute approximate surface area is 98.9 Å². The first-order valence-corrected chi connectivity index (χ1v) is 7.16. The van der Waals surface area contributed by atoms with Crippen LogP contribution in [0.25, 0.3) is 0 Å². The summed E-state index contributed by atoms with van der Waals surface area (Å²) < 4.78 is 5.98. The Morgan fingerprint density at radius 3 is 2.56 bits per heavy atom. The summed E-state index contributed by atoms with van der Waals surface area (Å²) in [5.74, 6) is 2.87. The molecule has 90 valence electrons. The van der Waals surface area contributed by atoms with Crippen molar-refractivity contribution in [2.24, 2.45) is 28.6 Å². The summed E-state index contributed by atoms with van der Waals surface area (Å²) in [4.78, 5) is 0. The van der Waals surface area contributed by atoms with Crippen LogP contribution in [0.15, 0.2) is 0 Å². The molecule has 5 atom stereocenters. The molecule has 0 aromatic heterocycles. The lowest BCUT2D eigenvalue weighted by Gasteiger charge is -2.39. The summed E-state index contributed by atoms with van der Waals surface area (Å²) in [7, 11) is 0. The molecule has 0 aromatic carbocycles. The van der Waals surface area contributed by atoms with Crippen LogP contribution in [0.5, 0.6) is 0 Å². The largest absolute Gasteiger partial charge is 0.369 e. The molecule has 3 saturated carbocycles. The molecule has 16 heavy (non-hydrogen) atoms. The number of rotatable bonds is 0. The van der Waals surface area contributed by atoms with Gasteiger partial charge in [-0.3, -0.25) is 0 Å². The van der Waals surface area contributed by atoms with Gasteiger partial charge in [-0.25, -0.2) is 0 Å². The lowest BCUT2D eigenvalue weighted by Crippen LogP contribution is -2.38. The van der Waals surface area contributed by atoms with Crippen molar-refractivity contribution in [3.05, 3.63) is 0 Å². The van der Waals surface area contributed by atoms with E-state index in [-0.39, 0.29) is 0 Å². The third-order valence-electron chi connectivity index (χ3n) is 7.07. The maximum absolute atomic E-state index is 5.98. The van der Waals surface area contributed by atoms with Gasteiger partial charge in [-0.1, -0.05) is 20.8 Å². The minimum absolute atomic E-state index is 0.365. The minimum Gasteiger partial charge on any atom is -0.369 e. The third kappa shape index (κ3) is 0.836. The zero-order valence-corrected chi connectivity index (χ0v) is 10.9. The van der Waals surface area contributed by atoms with Crippen molar-refractivity contribution >= 4 is 0 Å². The van der Waals surface area contributed by atoms with Crippen molar-refractivity contribution in [3.63, 3.8) is 0 Å². The van der Waals surface area contributed by atoms with Crippen LogP contribution in [0.3, 0.4) is 0 Å².